The van der Waals surface area contributed by atoms with Crippen molar-refractivity contribution in [3.8, 4) is 0 Å². The van der Waals surface area contributed by atoms with Crippen LogP contribution in [0.1, 0.15) is 39.0 Å². The third-order valence-electron chi connectivity index (χ3n) is 2.64. The van der Waals surface area contributed by atoms with Gasteiger partial charge in [0.2, 0.25) is 0 Å². The molecule has 1 saturated carbocycles. The normalized spacial score (nSPS) is 22.4. The smallest absolute Gasteiger partial charge is 0.0153 e. The van der Waals surface area contributed by atoms with Gasteiger partial charge in [-0.1, -0.05) is 12.8 Å². The lowest BCUT2D eigenvalue weighted by Gasteiger charge is -2.25. The first-order valence-electron chi connectivity index (χ1n) is 4.72. The quantitative estimate of drug-likeness (QED) is 0.601. The SMILES string of the molecule is CC1(NCCCN)CCCC1. The van der Waals surface area contributed by atoms with Gasteiger partial charge in [-0.3, -0.25) is 0 Å². The van der Waals surface area contributed by atoms with Crippen molar-refractivity contribution >= 4 is 0 Å². The molecule has 0 spiro atoms. The van der Waals surface area contributed by atoms with Gasteiger partial charge in [-0.25, -0.2) is 0 Å². The predicted molar refractivity (Wildman–Crippen MR) is 48.5 cm³/mol. The maximum atomic E-state index is 5.42. The molecule has 1 aliphatic carbocycles. The Balaban J connectivity index is 2.13. The standard InChI is InChI=1S/C9H20N2/c1-9(5-2-3-6-9)11-8-4-7-10/h11H,2-8,10H2,1H3. The van der Waals surface area contributed by atoms with Gasteiger partial charge in [-0.05, 0) is 39.3 Å². The van der Waals surface area contributed by atoms with Crippen LogP contribution in [0.3, 0.4) is 0 Å². The highest BCUT2D eigenvalue weighted by Gasteiger charge is 2.26. The van der Waals surface area contributed by atoms with Gasteiger partial charge in [0.05, 0.1) is 0 Å². The van der Waals surface area contributed by atoms with Gasteiger partial charge in [0, 0.05) is 5.54 Å². The minimum Gasteiger partial charge on any atom is -0.330 e. The van der Waals surface area contributed by atoms with E-state index in [2.05, 4.69) is 12.2 Å². The summed E-state index contributed by atoms with van der Waals surface area (Å²) in [6, 6.07) is 0. The summed E-state index contributed by atoms with van der Waals surface area (Å²) in [6.07, 6.45) is 6.59. The molecular formula is C9H20N2. The molecule has 0 saturated heterocycles. The molecule has 1 fully saturated rings. The van der Waals surface area contributed by atoms with Gasteiger partial charge in [-0.2, -0.15) is 0 Å². The lowest BCUT2D eigenvalue weighted by molar-refractivity contribution is 0.364. The summed E-state index contributed by atoms with van der Waals surface area (Å²) >= 11 is 0. The number of nitrogens with one attached hydrogen (secondary N) is 1. The Bertz CT molecular complexity index is 106. The Morgan fingerprint density at radius 2 is 2.00 bits per heavy atom. The summed E-state index contributed by atoms with van der Waals surface area (Å²) in [5.41, 5.74) is 5.86. The lowest BCUT2D eigenvalue weighted by atomic mass is 10.0. The fourth-order valence-electron chi connectivity index (χ4n) is 1.82. The Kier molecular flexibility index (Phi) is 3.34. The van der Waals surface area contributed by atoms with Crippen molar-refractivity contribution in [3.05, 3.63) is 0 Å². The monoisotopic (exact) mass is 156 g/mol. The van der Waals surface area contributed by atoms with Crippen LogP contribution in [0.4, 0.5) is 0 Å². The second-order valence-electron chi connectivity index (χ2n) is 3.84. The van der Waals surface area contributed by atoms with E-state index >= 15 is 0 Å². The highest BCUT2D eigenvalue weighted by molar-refractivity contribution is 4.87. The number of rotatable bonds is 4. The zero-order valence-electron chi connectivity index (χ0n) is 7.53. The maximum absolute atomic E-state index is 5.42. The van der Waals surface area contributed by atoms with Crippen molar-refractivity contribution in [2.24, 2.45) is 5.73 Å². The van der Waals surface area contributed by atoms with Gasteiger partial charge in [0.1, 0.15) is 0 Å². The van der Waals surface area contributed by atoms with Crippen LogP contribution in [-0.2, 0) is 0 Å². The first-order valence-corrected chi connectivity index (χ1v) is 4.72. The molecule has 1 rings (SSSR count). The summed E-state index contributed by atoms with van der Waals surface area (Å²) in [4.78, 5) is 0. The molecule has 11 heavy (non-hydrogen) atoms. The molecule has 2 heteroatoms. The Hall–Kier alpha value is -0.0800. The van der Waals surface area contributed by atoms with Crippen LogP contribution >= 0.6 is 0 Å². The minimum absolute atomic E-state index is 0.440. The lowest BCUT2D eigenvalue weighted by Crippen LogP contribution is -2.40. The molecular weight excluding hydrogens is 136 g/mol. The average Bonchev–Trinajstić information content (AvgIpc) is 2.38. The number of hydrogen-bond donors (Lipinski definition) is 2. The molecule has 0 radical (unpaired) electrons. The van der Waals surface area contributed by atoms with E-state index in [1.165, 1.54) is 25.7 Å². The highest BCUT2D eigenvalue weighted by atomic mass is 15.0. The Morgan fingerprint density at radius 1 is 1.36 bits per heavy atom. The molecule has 0 heterocycles. The van der Waals surface area contributed by atoms with Crippen molar-refractivity contribution in [1.29, 1.82) is 0 Å². The van der Waals surface area contributed by atoms with E-state index in [9.17, 15) is 0 Å². The molecule has 2 nitrogen and oxygen atoms in total. The van der Waals surface area contributed by atoms with E-state index < -0.39 is 0 Å². The van der Waals surface area contributed by atoms with Gasteiger partial charge < -0.3 is 11.1 Å². The van der Waals surface area contributed by atoms with Crippen molar-refractivity contribution in [2.45, 2.75) is 44.6 Å². The van der Waals surface area contributed by atoms with Crippen LogP contribution in [0, 0.1) is 0 Å². The van der Waals surface area contributed by atoms with Crippen LogP contribution in [0.15, 0.2) is 0 Å². The average molecular weight is 156 g/mol. The van der Waals surface area contributed by atoms with E-state index in [0.717, 1.165) is 19.5 Å². The Morgan fingerprint density at radius 3 is 2.55 bits per heavy atom. The van der Waals surface area contributed by atoms with Crippen LogP contribution in [0.5, 0.6) is 0 Å². The maximum Gasteiger partial charge on any atom is 0.0153 e. The van der Waals surface area contributed by atoms with Gasteiger partial charge >= 0.3 is 0 Å². The van der Waals surface area contributed by atoms with Gasteiger partial charge in [0.25, 0.3) is 0 Å². The van der Waals surface area contributed by atoms with Crippen LogP contribution in [0.2, 0.25) is 0 Å². The minimum atomic E-state index is 0.440. The molecule has 1 aliphatic rings. The highest BCUT2D eigenvalue weighted by Crippen LogP contribution is 2.28. The first kappa shape index (κ1) is 9.01. The zero-order chi connectivity index (χ0) is 8.16. The van der Waals surface area contributed by atoms with Crippen LogP contribution in [-0.4, -0.2) is 18.6 Å². The van der Waals surface area contributed by atoms with Crippen molar-refractivity contribution in [2.75, 3.05) is 13.1 Å². The summed E-state index contributed by atoms with van der Waals surface area (Å²) < 4.78 is 0. The summed E-state index contributed by atoms with van der Waals surface area (Å²) in [5.74, 6) is 0. The van der Waals surface area contributed by atoms with Crippen molar-refractivity contribution in [1.82, 2.24) is 5.32 Å². The fraction of sp³-hybridized carbons (Fsp3) is 1.00. The largest absolute Gasteiger partial charge is 0.330 e. The van der Waals surface area contributed by atoms with E-state index in [1.54, 1.807) is 0 Å². The fourth-order valence-corrected chi connectivity index (χ4v) is 1.82. The molecule has 0 aromatic rings. The van der Waals surface area contributed by atoms with Crippen LogP contribution in [0.25, 0.3) is 0 Å². The third kappa shape index (κ3) is 2.80. The number of nitrogens with two attached hydrogens (primary N) is 1. The summed E-state index contributed by atoms with van der Waals surface area (Å²) in [6.45, 7) is 4.23. The number of hydrogen-bond acceptors (Lipinski definition) is 2. The predicted octanol–water partition coefficient (Wildman–Crippen LogP) is 1.26. The van der Waals surface area contributed by atoms with E-state index in [0.29, 0.717) is 5.54 Å². The molecule has 0 amide bonds. The van der Waals surface area contributed by atoms with Crippen molar-refractivity contribution < 1.29 is 0 Å². The topological polar surface area (TPSA) is 38.0 Å². The molecule has 66 valence electrons. The van der Waals surface area contributed by atoms with Gasteiger partial charge in [0.15, 0.2) is 0 Å². The van der Waals surface area contributed by atoms with Gasteiger partial charge in [-0.15, -0.1) is 0 Å². The molecule has 0 bridgehead atoms. The molecule has 0 aliphatic heterocycles. The van der Waals surface area contributed by atoms with E-state index in [1.807, 2.05) is 0 Å². The first-order chi connectivity index (χ1) is 5.27. The molecule has 0 aromatic heterocycles. The molecule has 0 unspecified atom stereocenters. The second-order valence-corrected chi connectivity index (χ2v) is 3.84. The summed E-state index contributed by atoms with van der Waals surface area (Å²) in [5, 5.41) is 3.58. The molecule has 3 N–H and O–H groups in total. The third-order valence-corrected chi connectivity index (χ3v) is 2.64. The Labute approximate surface area is 69.5 Å². The van der Waals surface area contributed by atoms with E-state index in [4.69, 9.17) is 5.73 Å². The van der Waals surface area contributed by atoms with Crippen molar-refractivity contribution in [3.63, 3.8) is 0 Å². The molecule has 0 atom stereocenters. The van der Waals surface area contributed by atoms with Crippen LogP contribution < -0.4 is 11.1 Å². The molecule has 0 aromatic carbocycles. The van der Waals surface area contributed by atoms with E-state index in [-0.39, 0.29) is 0 Å². The second kappa shape index (κ2) is 4.07. The zero-order valence-corrected chi connectivity index (χ0v) is 7.53. The summed E-state index contributed by atoms with van der Waals surface area (Å²) in [7, 11) is 0.